The summed E-state index contributed by atoms with van der Waals surface area (Å²) in [5, 5.41) is 9.98. The molecule has 33 heavy (non-hydrogen) atoms. The van der Waals surface area contributed by atoms with Crippen molar-refractivity contribution in [3.8, 4) is 0 Å². The fourth-order valence-corrected chi connectivity index (χ4v) is 4.21. The lowest BCUT2D eigenvalue weighted by Gasteiger charge is -2.28. The number of esters is 1. The number of carboxylic acid groups (broad SMARTS) is 1. The maximum Gasteiger partial charge on any atom is 0.337 e. The molecule has 1 aromatic heterocycles. The molecule has 2 heterocycles. The Morgan fingerprint density at radius 3 is 2.36 bits per heavy atom. The van der Waals surface area contributed by atoms with Crippen LogP contribution in [0, 0.1) is 0 Å². The van der Waals surface area contributed by atoms with Crippen LogP contribution >= 0.6 is 0 Å². The number of carbonyl (C=O) groups is 3. The smallest absolute Gasteiger partial charge is 0.337 e. The number of aliphatic carboxylic acids is 1. The van der Waals surface area contributed by atoms with Gasteiger partial charge in [0.25, 0.3) is 0 Å². The summed E-state index contributed by atoms with van der Waals surface area (Å²) in [5.74, 6) is -1.44. The number of rotatable bonds is 6. The number of aromatic nitrogens is 1. The van der Waals surface area contributed by atoms with E-state index in [1.165, 1.54) is 12.8 Å². The molecule has 0 unspecified atom stereocenters. The van der Waals surface area contributed by atoms with Crippen molar-refractivity contribution < 1.29 is 24.2 Å². The van der Waals surface area contributed by atoms with Gasteiger partial charge in [-0.25, -0.2) is 4.79 Å². The molecular weight excluding hydrogens is 420 g/mol. The molecule has 3 aromatic rings. The number of hydrogen-bond donors (Lipinski definition) is 1. The third-order valence-corrected chi connectivity index (χ3v) is 5.78. The molecule has 4 rings (SSSR count). The standard InChI is InChI=1S/C24H24N2O5.C2H6/c1-31-24(30)17-8-6-16(7-9-17)14-26-20-5-3-2-4-18(20)19-15-25(13-12-21(19)26)22(27)10-11-23(28)29;1-2/h2-9H,10-15H2,1H3,(H,28,29);1-2H3. The Kier molecular flexibility index (Phi) is 7.87. The second kappa shape index (κ2) is 10.8. The molecule has 0 aliphatic carbocycles. The van der Waals surface area contributed by atoms with E-state index in [0.717, 1.165) is 22.0 Å². The topological polar surface area (TPSA) is 88.8 Å². The van der Waals surface area contributed by atoms with Crippen LogP contribution < -0.4 is 0 Å². The highest BCUT2D eigenvalue weighted by molar-refractivity contribution is 5.89. The first-order valence-corrected chi connectivity index (χ1v) is 11.2. The average Bonchev–Trinajstić information content (AvgIpc) is 3.16. The Morgan fingerprint density at radius 2 is 1.70 bits per heavy atom. The Labute approximate surface area is 193 Å². The number of para-hydroxylation sites is 1. The number of nitrogens with zero attached hydrogens (tertiary/aromatic N) is 2. The van der Waals surface area contributed by atoms with Crippen LogP contribution in [0.3, 0.4) is 0 Å². The van der Waals surface area contributed by atoms with E-state index in [-0.39, 0.29) is 24.7 Å². The van der Waals surface area contributed by atoms with E-state index < -0.39 is 5.97 Å². The quantitative estimate of drug-likeness (QED) is 0.567. The van der Waals surface area contributed by atoms with Crippen molar-refractivity contribution in [2.45, 2.75) is 46.2 Å². The first-order valence-electron chi connectivity index (χ1n) is 11.2. The molecule has 7 heteroatoms. The van der Waals surface area contributed by atoms with Gasteiger partial charge in [0.1, 0.15) is 0 Å². The highest BCUT2D eigenvalue weighted by atomic mass is 16.5. The number of carbonyl (C=O) groups excluding carboxylic acids is 2. The van der Waals surface area contributed by atoms with Crippen molar-refractivity contribution in [2.75, 3.05) is 13.7 Å². The molecule has 0 bridgehead atoms. The first kappa shape index (κ1) is 24.0. The summed E-state index contributed by atoms with van der Waals surface area (Å²) in [6, 6.07) is 15.5. The van der Waals surface area contributed by atoms with E-state index in [9.17, 15) is 14.4 Å². The largest absolute Gasteiger partial charge is 0.481 e. The lowest BCUT2D eigenvalue weighted by atomic mass is 10.0. The summed E-state index contributed by atoms with van der Waals surface area (Å²) in [5.41, 5.74) is 5.00. The van der Waals surface area contributed by atoms with Crippen LogP contribution in [0.5, 0.6) is 0 Å². The summed E-state index contributed by atoms with van der Waals surface area (Å²) in [6.45, 7) is 5.72. The van der Waals surface area contributed by atoms with Gasteiger partial charge in [-0.2, -0.15) is 0 Å². The summed E-state index contributed by atoms with van der Waals surface area (Å²) < 4.78 is 7.04. The molecule has 1 aliphatic rings. The van der Waals surface area contributed by atoms with Gasteiger partial charge in [0.2, 0.25) is 5.91 Å². The summed E-state index contributed by atoms with van der Waals surface area (Å²) in [4.78, 5) is 36.7. The molecule has 0 saturated carbocycles. The van der Waals surface area contributed by atoms with Crippen LogP contribution in [0.4, 0.5) is 0 Å². The van der Waals surface area contributed by atoms with E-state index in [2.05, 4.69) is 16.7 Å². The zero-order valence-corrected chi connectivity index (χ0v) is 19.3. The van der Waals surface area contributed by atoms with E-state index in [1.54, 1.807) is 17.0 Å². The molecule has 1 aliphatic heterocycles. The first-order chi connectivity index (χ1) is 16.0. The predicted molar refractivity (Wildman–Crippen MR) is 126 cm³/mol. The van der Waals surface area contributed by atoms with Gasteiger partial charge in [-0.05, 0) is 23.8 Å². The van der Waals surface area contributed by atoms with Gasteiger partial charge < -0.3 is 19.3 Å². The molecule has 7 nitrogen and oxygen atoms in total. The van der Waals surface area contributed by atoms with Gasteiger partial charge in [0, 0.05) is 54.6 Å². The minimum absolute atomic E-state index is 0.0237. The van der Waals surface area contributed by atoms with Crippen LogP contribution in [0.2, 0.25) is 0 Å². The molecule has 1 amide bonds. The van der Waals surface area contributed by atoms with E-state index >= 15 is 0 Å². The van der Waals surface area contributed by atoms with Crippen LogP contribution in [0.25, 0.3) is 10.9 Å². The molecule has 0 saturated heterocycles. The summed E-state index contributed by atoms with van der Waals surface area (Å²) >= 11 is 0. The van der Waals surface area contributed by atoms with E-state index in [4.69, 9.17) is 9.84 Å². The number of fused-ring (bicyclic) bond motifs is 3. The lowest BCUT2D eigenvalue weighted by molar-refractivity contribution is -0.141. The van der Waals surface area contributed by atoms with Crippen molar-refractivity contribution in [3.63, 3.8) is 0 Å². The highest BCUT2D eigenvalue weighted by Gasteiger charge is 2.26. The Morgan fingerprint density at radius 1 is 1.00 bits per heavy atom. The van der Waals surface area contributed by atoms with Gasteiger partial charge in [-0.3, -0.25) is 9.59 Å². The number of ether oxygens (including phenoxy) is 1. The second-order valence-corrected chi connectivity index (χ2v) is 7.68. The van der Waals surface area contributed by atoms with E-state index in [1.807, 2.05) is 38.1 Å². The molecule has 0 atom stereocenters. The number of hydrogen-bond acceptors (Lipinski definition) is 4. The SMILES string of the molecule is CC.COC(=O)c1ccc(Cn2c3c(c4ccccc42)CN(C(=O)CCC(=O)O)CC3)cc1. The molecular formula is C26H30N2O5. The van der Waals surface area contributed by atoms with Crippen molar-refractivity contribution >= 4 is 28.7 Å². The van der Waals surface area contributed by atoms with Crippen LogP contribution in [-0.4, -0.2) is 46.1 Å². The normalized spacial score (nSPS) is 12.5. The fraction of sp³-hybridized carbons (Fsp3) is 0.346. The second-order valence-electron chi connectivity index (χ2n) is 7.68. The van der Waals surface area contributed by atoms with Crippen molar-refractivity contribution in [2.24, 2.45) is 0 Å². The van der Waals surface area contributed by atoms with Crippen molar-refractivity contribution in [1.82, 2.24) is 9.47 Å². The third-order valence-electron chi connectivity index (χ3n) is 5.78. The molecule has 0 fully saturated rings. The molecule has 1 N–H and O–H groups in total. The van der Waals surface area contributed by atoms with Gasteiger partial charge in [-0.15, -0.1) is 0 Å². The fourth-order valence-electron chi connectivity index (χ4n) is 4.21. The molecule has 2 aromatic carbocycles. The van der Waals surface area contributed by atoms with Crippen molar-refractivity contribution in [1.29, 1.82) is 0 Å². The van der Waals surface area contributed by atoms with Crippen LogP contribution in [0.1, 0.15) is 53.9 Å². The highest BCUT2D eigenvalue weighted by Crippen LogP contribution is 2.32. The number of methoxy groups -OCH3 is 1. The number of carboxylic acids is 1. The van der Waals surface area contributed by atoms with Crippen LogP contribution in [0.15, 0.2) is 48.5 Å². The average molecular weight is 451 g/mol. The maximum atomic E-state index is 12.5. The van der Waals surface area contributed by atoms with Crippen LogP contribution in [-0.2, 0) is 33.8 Å². The van der Waals surface area contributed by atoms with E-state index in [0.29, 0.717) is 31.6 Å². The zero-order valence-electron chi connectivity index (χ0n) is 19.3. The zero-order chi connectivity index (χ0) is 24.0. The number of amides is 1. The predicted octanol–water partition coefficient (Wildman–Crippen LogP) is 4.25. The lowest BCUT2D eigenvalue weighted by Crippen LogP contribution is -2.36. The minimum atomic E-state index is -0.958. The minimum Gasteiger partial charge on any atom is -0.481 e. The van der Waals surface area contributed by atoms with Gasteiger partial charge in [-0.1, -0.05) is 44.2 Å². The Hall–Kier alpha value is -3.61. The summed E-state index contributed by atoms with van der Waals surface area (Å²) in [7, 11) is 1.37. The molecule has 0 radical (unpaired) electrons. The van der Waals surface area contributed by atoms with Crippen molar-refractivity contribution in [3.05, 3.63) is 70.9 Å². The number of benzene rings is 2. The monoisotopic (exact) mass is 450 g/mol. The third kappa shape index (κ3) is 5.25. The Balaban J connectivity index is 0.00000149. The van der Waals surface area contributed by atoms with Gasteiger partial charge in [0.05, 0.1) is 19.1 Å². The maximum absolute atomic E-state index is 12.5. The Bertz CT molecular complexity index is 1150. The van der Waals surface area contributed by atoms with Gasteiger partial charge >= 0.3 is 11.9 Å². The van der Waals surface area contributed by atoms with Gasteiger partial charge in [0.15, 0.2) is 0 Å². The summed E-state index contributed by atoms with van der Waals surface area (Å²) in [6.07, 6.45) is 0.588. The molecule has 174 valence electrons. The molecule has 0 spiro atoms.